The van der Waals surface area contributed by atoms with Crippen molar-refractivity contribution < 1.29 is 65.5 Å². The zero-order valence-corrected chi connectivity index (χ0v) is 10.5. The van der Waals surface area contributed by atoms with Crippen molar-refractivity contribution in [1.82, 2.24) is 0 Å². The summed E-state index contributed by atoms with van der Waals surface area (Å²) >= 11 is 0. The fourth-order valence-corrected chi connectivity index (χ4v) is 0. The average Bonchev–Trinajstić information content (AvgIpc) is 1.41. The third kappa shape index (κ3) is 233. The van der Waals surface area contributed by atoms with Crippen LogP contribution in [-0.2, 0) is 24.3 Å². The summed E-state index contributed by atoms with van der Waals surface area (Å²) in [6.45, 7) is 1.08. The van der Waals surface area contributed by atoms with Crippen molar-refractivity contribution in [1.29, 1.82) is 0 Å². The van der Waals surface area contributed by atoms with Gasteiger partial charge in [-0.1, -0.05) is 0 Å². The molecule has 0 aliphatic carbocycles. The Bertz CT molecular complexity index is 42.0. The van der Waals surface area contributed by atoms with E-state index in [0.717, 1.165) is 14.0 Å². The molecule has 42 valence electrons. The van der Waals surface area contributed by atoms with Gasteiger partial charge in [0, 0.05) is 33.5 Å². The van der Waals surface area contributed by atoms with Crippen molar-refractivity contribution in [2.75, 3.05) is 7.11 Å². The number of aliphatic hydroxyl groups excluding tert-OH is 1. The first kappa shape index (κ1) is 23.0. The van der Waals surface area contributed by atoms with E-state index in [4.69, 9.17) is 15.0 Å². The number of aliphatic carboxylic acids is 1. The van der Waals surface area contributed by atoms with Gasteiger partial charge < -0.3 is 11.6 Å². The molecule has 0 aliphatic heterocycles. The van der Waals surface area contributed by atoms with Crippen molar-refractivity contribution >= 4 is 5.97 Å². The number of carboxylic acid groups (broad SMARTS) is 1. The monoisotopic (exact) mass is 180 g/mol. The van der Waals surface area contributed by atoms with Gasteiger partial charge in [0.2, 0.25) is 0 Å². The van der Waals surface area contributed by atoms with E-state index >= 15 is 0 Å². The van der Waals surface area contributed by atoms with Gasteiger partial charge >= 0.3 is 29.6 Å². The molecule has 0 aromatic rings. The molecular weight excluding hydrogens is 172 g/mol. The number of rotatable bonds is 0. The summed E-state index contributed by atoms with van der Waals surface area (Å²) in [4.78, 5) is 9.00. The summed E-state index contributed by atoms with van der Waals surface area (Å²) in [7, 11) is 1.00. The number of hydrogen-bond donors (Lipinski definition) is 2. The summed E-state index contributed by atoms with van der Waals surface area (Å²) in [5.74, 6) is -0.833. The number of aliphatic hydroxyl groups is 1. The Kier molecular flexibility index (Phi) is 70.1. The van der Waals surface area contributed by atoms with Crippen LogP contribution in [0.4, 0.5) is 0 Å². The van der Waals surface area contributed by atoms with Gasteiger partial charge in [0.1, 0.15) is 0 Å². The van der Waals surface area contributed by atoms with Gasteiger partial charge in [-0.3, -0.25) is 4.79 Å². The van der Waals surface area contributed by atoms with Gasteiger partial charge in [-0.15, -0.1) is 0 Å². The molecule has 0 spiro atoms. The van der Waals surface area contributed by atoms with Gasteiger partial charge in [-0.05, 0) is 0 Å². The van der Waals surface area contributed by atoms with Crippen molar-refractivity contribution in [2.24, 2.45) is 0 Å². The van der Waals surface area contributed by atoms with Gasteiger partial charge in [-0.2, -0.15) is 0 Å². The molecule has 0 amide bonds. The van der Waals surface area contributed by atoms with E-state index in [9.17, 15) is 0 Å². The van der Waals surface area contributed by atoms with E-state index in [0.29, 0.717) is 0 Å². The molecule has 8 heavy (non-hydrogen) atoms. The Hall–Kier alpha value is 1.05. The number of carboxylic acids is 1. The molecule has 2 N–H and O–H groups in total. The zero-order chi connectivity index (χ0) is 5.58. The molecular formula is C3H9NaO3Zn. The summed E-state index contributed by atoms with van der Waals surface area (Å²) in [6, 6.07) is 0. The van der Waals surface area contributed by atoms with Crippen LogP contribution < -0.4 is 29.6 Å². The molecule has 0 fully saturated rings. The predicted molar refractivity (Wildman–Crippen MR) is 22.6 cm³/mol. The zero-order valence-electron chi connectivity index (χ0n) is 6.51. The first-order valence-corrected chi connectivity index (χ1v) is 1.37. The Morgan fingerprint density at radius 2 is 1.50 bits per heavy atom. The fraction of sp³-hybridized carbons (Fsp3) is 0.667. The normalized spacial score (nSPS) is 3.88. The summed E-state index contributed by atoms with van der Waals surface area (Å²) in [5, 5.41) is 14.4. The largest absolute Gasteiger partial charge is 1.00 e. The molecule has 0 heterocycles. The van der Waals surface area contributed by atoms with Gasteiger partial charge in [0.05, 0.1) is 0 Å². The SMILES string of the molecule is CC(=O)O.CO.[H-].[Na+].[Zn]. The molecule has 0 rings (SSSR count). The molecule has 5 heteroatoms. The van der Waals surface area contributed by atoms with Crippen LogP contribution in [0, 0.1) is 0 Å². The van der Waals surface area contributed by atoms with Crippen LogP contribution in [0.15, 0.2) is 0 Å². The molecule has 0 aromatic heterocycles. The van der Waals surface area contributed by atoms with E-state index in [1.165, 1.54) is 0 Å². The van der Waals surface area contributed by atoms with E-state index in [-0.39, 0.29) is 50.5 Å². The molecule has 0 radical (unpaired) electrons. The Labute approximate surface area is 85.0 Å². The van der Waals surface area contributed by atoms with Crippen molar-refractivity contribution in [3.8, 4) is 0 Å². The second kappa shape index (κ2) is 24.4. The van der Waals surface area contributed by atoms with Gasteiger partial charge in [0.15, 0.2) is 0 Å². The molecule has 0 atom stereocenters. The van der Waals surface area contributed by atoms with Crippen LogP contribution in [-0.4, -0.2) is 23.3 Å². The first-order chi connectivity index (χ1) is 2.73. The van der Waals surface area contributed by atoms with E-state index < -0.39 is 5.97 Å². The van der Waals surface area contributed by atoms with E-state index in [1.54, 1.807) is 0 Å². The van der Waals surface area contributed by atoms with E-state index in [1.807, 2.05) is 0 Å². The molecule has 0 saturated carbocycles. The molecule has 0 aliphatic rings. The number of hydrogen-bond acceptors (Lipinski definition) is 2. The van der Waals surface area contributed by atoms with Crippen LogP contribution in [0.1, 0.15) is 8.35 Å². The molecule has 0 aromatic carbocycles. The smallest absolute Gasteiger partial charge is 1.00 e. The Balaban J connectivity index is -0.00000000990. The minimum absolute atomic E-state index is 0. The maximum Gasteiger partial charge on any atom is 1.00 e. The maximum absolute atomic E-state index is 9.00. The molecule has 0 bridgehead atoms. The van der Waals surface area contributed by atoms with Gasteiger partial charge in [0.25, 0.3) is 5.97 Å². The molecule has 3 nitrogen and oxygen atoms in total. The predicted octanol–water partition coefficient (Wildman–Crippen LogP) is -3.19. The molecule has 0 unspecified atom stereocenters. The minimum atomic E-state index is -0.833. The Morgan fingerprint density at radius 1 is 1.50 bits per heavy atom. The summed E-state index contributed by atoms with van der Waals surface area (Å²) in [6.07, 6.45) is 0. The maximum atomic E-state index is 9.00. The van der Waals surface area contributed by atoms with Crippen molar-refractivity contribution in [3.63, 3.8) is 0 Å². The standard InChI is InChI=1S/C2H4O2.CH4O.Na.Zn.H/c1-2(3)4;1-2;;;/h1H3,(H,3,4);2H,1H3;;;/q;;+1;;-1. The van der Waals surface area contributed by atoms with Crippen LogP contribution in [0.2, 0.25) is 0 Å². The summed E-state index contributed by atoms with van der Waals surface area (Å²) < 4.78 is 0. The quantitative estimate of drug-likeness (QED) is 0.388. The minimum Gasteiger partial charge on any atom is -1.00 e. The Morgan fingerprint density at radius 3 is 1.50 bits per heavy atom. The topological polar surface area (TPSA) is 57.5 Å². The van der Waals surface area contributed by atoms with Gasteiger partial charge in [-0.25, -0.2) is 0 Å². The van der Waals surface area contributed by atoms with Crippen LogP contribution >= 0.6 is 0 Å². The average molecular weight is 181 g/mol. The number of carbonyl (C=O) groups is 1. The third-order valence-electron chi connectivity index (χ3n) is 0. The second-order valence-electron chi connectivity index (χ2n) is 0.519. The van der Waals surface area contributed by atoms with Crippen molar-refractivity contribution in [3.05, 3.63) is 0 Å². The van der Waals surface area contributed by atoms with Crippen molar-refractivity contribution in [2.45, 2.75) is 6.92 Å². The fourth-order valence-electron chi connectivity index (χ4n) is 0. The van der Waals surface area contributed by atoms with Crippen LogP contribution in [0.3, 0.4) is 0 Å². The summed E-state index contributed by atoms with van der Waals surface area (Å²) in [5.41, 5.74) is 0. The van der Waals surface area contributed by atoms with E-state index in [2.05, 4.69) is 0 Å². The van der Waals surface area contributed by atoms with Crippen LogP contribution in [0.25, 0.3) is 0 Å². The third-order valence-corrected chi connectivity index (χ3v) is 0. The first-order valence-electron chi connectivity index (χ1n) is 1.37. The second-order valence-corrected chi connectivity index (χ2v) is 0.519. The van der Waals surface area contributed by atoms with Crippen LogP contribution in [0.5, 0.6) is 0 Å². The molecule has 0 saturated heterocycles.